The Bertz CT molecular complexity index is 972. The van der Waals surface area contributed by atoms with Crippen molar-refractivity contribution in [3.05, 3.63) is 59.7 Å². The Balaban J connectivity index is 1.46. The molecule has 4 nitrogen and oxygen atoms in total. The zero-order valence-electron chi connectivity index (χ0n) is 17.5. The van der Waals surface area contributed by atoms with Gasteiger partial charge < -0.3 is 5.32 Å². The number of carbonyl (C=O) groups is 2. The van der Waals surface area contributed by atoms with Crippen molar-refractivity contribution in [2.24, 2.45) is 5.92 Å². The lowest BCUT2D eigenvalue weighted by atomic mass is 10.0. The van der Waals surface area contributed by atoms with E-state index >= 15 is 0 Å². The van der Waals surface area contributed by atoms with E-state index < -0.39 is 11.7 Å². The molecule has 1 unspecified atom stereocenters. The summed E-state index contributed by atoms with van der Waals surface area (Å²) in [5, 5.41) is 2.58. The van der Waals surface area contributed by atoms with E-state index in [2.05, 4.69) is 5.32 Å². The molecule has 1 saturated heterocycles. The molecule has 1 atom stereocenters. The number of rotatable bonds is 6. The third-order valence-corrected chi connectivity index (χ3v) is 7.26. The molecule has 1 heterocycles. The van der Waals surface area contributed by atoms with E-state index in [4.69, 9.17) is 0 Å². The molecule has 0 spiro atoms. The molecular weight excluding hydrogens is 437 g/mol. The molecule has 2 fully saturated rings. The Hall–Kier alpha value is -2.48. The van der Waals surface area contributed by atoms with Gasteiger partial charge in [0, 0.05) is 17.8 Å². The van der Waals surface area contributed by atoms with Crippen LogP contribution in [0.5, 0.6) is 0 Å². The fraction of sp³-hybridized carbons (Fsp3) is 0.417. The maximum absolute atomic E-state index is 12.9. The van der Waals surface area contributed by atoms with Gasteiger partial charge >= 0.3 is 6.18 Å². The first kappa shape index (κ1) is 22.7. The number of carbonyl (C=O) groups excluding carboxylic acids is 2. The fourth-order valence-electron chi connectivity index (χ4n) is 4.39. The Kier molecular flexibility index (Phi) is 6.79. The zero-order valence-corrected chi connectivity index (χ0v) is 18.3. The third kappa shape index (κ3) is 5.28. The van der Waals surface area contributed by atoms with Crippen LogP contribution in [-0.2, 0) is 15.8 Å². The van der Waals surface area contributed by atoms with Crippen molar-refractivity contribution in [3.63, 3.8) is 0 Å². The topological polar surface area (TPSA) is 49.4 Å². The summed E-state index contributed by atoms with van der Waals surface area (Å²) in [6.45, 7) is 0. The summed E-state index contributed by atoms with van der Waals surface area (Å²) in [6, 6.07) is 12.0. The number of alkyl halides is 3. The van der Waals surface area contributed by atoms with E-state index in [1.54, 1.807) is 6.07 Å². The minimum absolute atomic E-state index is 0.0243. The van der Waals surface area contributed by atoms with Gasteiger partial charge in [-0.25, -0.2) is 0 Å². The molecule has 0 bridgehead atoms. The van der Waals surface area contributed by atoms with Gasteiger partial charge in [0.05, 0.1) is 11.3 Å². The summed E-state index contributed by atoms with van der Waals surface area (Å²) in [6.07, 6.45) is 1.88. The fourth-order valence-corrected chi connectivity index (χ4v) is 5.56. The van der Waals surface area contributed by atoms with E-state index in [0.29, 0.717) is 23.7 Å². The number of hydrogen-bond acceptors (Lipinski definition) is 3. The van der Waals surface area contributed by atoms with Crippen LogP contribution in [0.4, 0.5) is 24.5 Å². The molecule has 1 saturated carbocycles. The van der Waals surface area contributed by atoms with Crippen molar-refractivity contribution in [1.82, 2.24) is 0 Å². The van der Waals surface area contributed by atoms with Crippen molar-refractivity contribution in [1.29, 1.82) is 0 Å². The lowest BCUT2D eigenvalue weighted by molar-refractivity contribution is -0.137. The SMILES string of the molecule is O=C(CCC1CCCC1)Nc1cccc(C2SCC(=O)N2c2ccc(C(F)(F)F)cc2)c1. The van der Waals surface area contributed by atoms with E-state index in [9.17, 15) is 22.8 Å². The first-order chi connectivity index (χ1) is 15.3. The van der Waals surface area contributed by atoms with Crippen LogP contribution in [0.1, 0.15) is 55.0 Å². The van der Waals surface area contributed by atoms with Gasteiger partial charge in [0.1, 0.15) is 5.37 Å². The molecular formula is C24H25F3N2O2S. The molecule has 170 valence electrons. The molecule has 0 radical (unpaired) electrons. The smallest absolute Gasteiger partial charge is 0.326 e. The van der Waals surface area contributed by atoms with Gasteiger partial charge in [-0.2, -0.15) is 13.2 Å². The highest BCUT2D eigenvalue weighted by Gasteiger charge is 2.35. The van der Waals surface area contributed by atoms with Crippen LogP contribution in [0.3, 0.4) is 0 Å². The molecule has 2 amide bonds. The highest BCUT2D eigenvalue weighted by molar-refractivity contribution is 8.00. The molecule has 2 aromatic rings. The Morgan fingerprint density at radius 2 is 1.81 bits per heavy atom. The molecule has 0 aromatic heterocycles. The monoisotopic (exact) mass is 462 g/mol. The molecule has 2 aliphatic rings. The van der Waals surface area contributed by atoms with Gasteiger partial charge in [0.15, 0.2) is 0 Å². The number of hydrogen-bond donors (Lipinski definition) is 1. The molecule has 4 rings (SSSR count). The second kappa shape index (κ2) is 9.57. The standard InChI is InChI=1S/C24H25F3N2O2S/c25-24(26,27)18-9-11-20(12-10-18)29-22(31)15-32-23(29)17-6-3-7-19(14-17)28-21(30)13-8-16-4-1-2-5-16/h3,6-7,9-12,14,16,23H,1-2,4-5,8,13,15H2,(H,28,30). The zero-order chi connectivity index (χ0) is 22.7. The van der Waals surface area contributed by atoms with Gasteiger partial charge in [-0.3, -0.25) is 14.5 Å². The van der Waals surface area contributed by atoms with Crippen molar-refractivity contribution in [2.45, 2.75) is 50.1 Å². The lowest BCUT2D eigenvalue weighted by Gasteiger charge is -2.25. The van der Waals surface area contributed by atoms with Gasteiger partial charge in [0.2, 0.25) is 11.8 Å². The quantitative estimate of drug-likeness (QED) is 0.541. The van der Waals surface area contributed by atoms with Gasteiger partial charge in [-0.1, -0.05) is 37.8 Å². The molecule has 1 N–H and O–H groups in total. The highest BCUT2D eigenvalue weighted by Crippen LogP contribution is 2.43. The predicted octanol–water partition coefficient (Wildman–Crippen LogP) is 6.39. The number of anilines is 2. The van der Waals surface area contributed by atoms with Crippen LogP contribution in [0.15, 0.2) is 48.5 Å². The molecule has 1 aliphatic carbocycles. The van der Waals surface area contributed by atoms with E-state index in [0.717, 1.165) is 24.1 Å². The number of nitrogens with one attached hydrogen (secondary N) is 1. The van der Waals surface area contributed by atoms with Gasteiger partial charge in [-0.05, 0) is 54.3 Å². The number of halogens is 3. The van der Waals surface area contributed by atoms with E-state index in [1.807, 2.05) is 18.2 Å². The second-order valence-electron chi connectivity index (χ2n) is 8.33. The number of nitrogens with zero attached hydrogens (tertiary/aromatic N) is 1. The minimum atomic E-state index is -4.42. The Morgan fingerprint density at radius 3 is 2.50 bits per heavy atom. The van der Waals surface area contributed by atoms with Crippen LogP contribution in [-0.4, -0.2) is 17.6 Å². The number of benzene rings is 2. The molecule has 1 aliphatic heterocycles. The van der Waals surface area contributed by atoms with Gasteiger partial charge in [-0.15, -0.1) is 11.8 Å². The van der Waals surface area contributed by atoms with E-state index in [-0.39, 0.29) is 22.9 Å². The normalized spacial score (nSPS) is 19.5. The minimum Gasteiger partial charge on any atom is -0.326 e. The first-order valence-corrected chi connectivity index (χ1v) is 11.9. The Labute approximate surface area is 189 Å². The van der Waals surface area contributed by atoms with E-state index in [1.165, 1.54) is 54.5 Å². The Morgan fingerprint density at radius 1 is 1.09 bits per heavy atom. The highest BCUT2D eigenvalue weighted by atomic mass is 32.2. The number of amides is 2. The predicted molar refractivity (Wildman–Crippen MR) is 120 cm³/mol. The van der Waals surface area contributed by atoms with Gasteiger partial charge in [0.25, 0.3) is 0 Å². The maximum atomic E-state index is 12.9. The van der Waals surface area contributed by atoms with Crippen molar-refractivity contribution in [2.75, 3.05) is 16.0 Å². The molecule has 32 heavy (non-hydrogen) atoms. The summed E-state index contributed by atoms with van der Waals surface area (Å²) in [7, 11) is 0. The summed E-state index contributed by atoms with van der Waals surface area (Å²) in [4.78, 5) is 26.4. The van der Waals surface area contributed by atoms with Crippen LogP contribution < -0.4 is 10.2 Å². The van der Waals surface area contributed by atoms with Crippen LogP contribution in [0, 0.1) is 5.92 Å². The summed E-state index contributed by atoms with van der Waals surface area (Å²) in [5.41, 5.74) is 1.14. The summed E-state index contributed by atoms with van der Waals surface area (Å²) < 4.78 is 38.7. The average molecular weight is 463 g/mol. The van der Waals surface area contributed by atoms with Crippen molar-refractivity contribution < 1.29 is 22.8 Å². The lowest BCUT2D eigenvalue weighted by Crippen LogP contribution is -2.28. The average Bonchev–Trinajstić information content (AvgIpc) is 3.41. The summed E-state index contributed by atoms with van der Waals surface area (Å²) in [5.74, 6) is 0.698. The van der Waals surface area contributed by atoms with Crippen molar-refractivity contribution in [3.8, 4) is 0 Å². The summed E-state index contributed by atoms with van der Waals surface area (Å²) >= 11 is 1.41. The van der Waals surface area contributed by atoms with Crippen LogP contribution in [0.2, 0.25) is 0 Å². The molecule has 8 heteroatoms. The van der Waals surface area contributed by atoms with Crippen LogP contribution in [0.25, 0.3) is 0 Å². The largest absolute Gasteiger partial charge is 0.416 e. The number of thioether (sulfide) groups is 1. The molecule has 2 aromatic carbocycles. The van der Waals surface area contributed by atoms with Crippen LogP contribution >= 0.6 is 11.8 Å². The van der Waals surface area contributed by atoms with Crippen molar-refractivity contribution >= 4 is 35.0 Å². The second-order valence-corrected chi connectivity index (χ2v) is 9.40. The third-order valence-electron chi connectivity index (χ3n) is 6.05. The first-order valence-electron chi connectivity index (χ1n) is 10.8. The maximum Gasteiger partial charge on any atom is 0.416 e.